The highest BCUT2D eigenvalue weighted by molar-refractivity contribution is 6.30. The van der Waals surface area contributed by atoms with Gasteiger partial charge < -0.3 is 5.32 Å². The molecule has 0 aromatic heterocycles. The van der Waals surface area contributed by atoms with Crippen molar-refractivity contribution in [2.75, 3.05) is 13.6 Å². The van der Waals surface area contributed by atoms with E-state index in [1.54, 1.807) is 12.1 Å². The number of halogens is 2. The molecule has 0 radical (unpaired) electrons. The highest BCUT2D eigenvalue weighted by Crippen LogP contribution is 2.27. The third kappa shape index (κ3) is 4.11. The molecule has 0 atom stereocenters. The van der Waals surface area contributed by atoms with Gasteiger partial charge in [-0.2, -0.15) is 0 Å². The predicted molar refractivity (Wildman–Crippen MR) is 67.4 cm³/mol. The summed E-state index contributed by atoms with van der Waals surface area (Å²) >= 11 is 5.72. The molecule has 0 bridgehead atoms. The molecule has 1 nitrogen and oxygen atoms in total. The molecule has 0 heterocycles. The van der Waals surface area contributed by atoms with Gasteiger partial charge in [0.25, 0.3) is 0 Å². The molecule has 1 N–H and O–H groups in total. The molecule has 0 saturated carbocycles. The van der Waals surface area contributed by atoms with Gasteiger partial charge in [0.2, 0.25) is 0 Å². The van der Waals surface area contributed by atoms with E-state index in [0.717, 1.165) is 24.9 Å². The molecule has 0 fully saturated rings. The van der Waals surface area contributed by atoms with E-state index in [-0.39, 0.29) is 11.2 Å². The molecule has 16 heavy (non-hydrogen) atoms. The first-order valence-electron chi connectivity index (χ1n) is 5.53. The summed E-state index contributed by atoms with van der Waals surface area (Å²) in [6.07, 6.45) is 1.75. The summed E-state index contributed by atoms with van der Waals surface area (Å²) in [5.41, 5.74) is 0.836. The number of nitrogens with one attached hydrogen (secondary N) is 1. The van der Waals surface area contributed by atoms with Gasteiger partial charge in [-0.15, -0.1) is 0 Å². The van der Waals surface area contributed by atoms with E-state index in [2.05, 4.69) is 19.2 Å². The second kappa shape index (κ2) is 5.65. The Morgan fingerprint density at radius 2 is 2.06 bits per heavy atom. The van der Waals surface area contributed by atoms with Gasteiger partial charge in [0.05, 0.1) is 0 Å². The van der Waals surface area contributed by atoms with E-state index in [4.69, 9.17) is 11.6 Å². The maximum Gasteiger partial charge on any atom is 0.127 e. The lowest BCUT2D eigenvalue weighted by molar-refractivity contribution is 0.325. The fourth-order valence-corrected chi connectivity index (χ4v) is 1.89. The molecule has 0 aliphatic rings. The molecular formula is C13H19ClFN. The zero-order valence-electron chi connectivity index (χ0n) is 10.1. The smallest absolute Gasteiger partial charge is 0.127 e. The van der Waals surface area contributed by atoms with Gasteiger partial charge in [-0.05, 0) is 49.5 Å². The Morgan fingerprint density at radius 3 is 2.62 bits per heavy atom. The fourth-order valence-electron chi connectivity index (χ4n) is 1.73. The topological polar surface area (TPSA) is 12.0 Å². The standard InChI is InChI=1S/C13H19ClFN/c1-13(2,6-7-16-3)9-10-4-5-11(14)8-12(10)15/h4-5,8,16H,6-7,9H2,1-3H3. The van der Waals surface area contributed by atoms with Crippen molar-refractivity contribution in [3.8, 4) is 0 Å². The maximum absolute atomic E-state index is 13.6. The van der Waals surface area contributed by atoms with E-state index < -0.39 is 0 Å². The Labute approximate surface area is 102 Å². The van der Waals surface area contributed by atoms with Crippen molar-refractivity contribution in [3.63, 3.8) is 0 Å². The minimum absolute atomic E-state index is 0.0949. The molecule has 3 heteroatoms. The van der Waals surface area contributed by atoms with Gasteiger partial charge >= 0.3 is 0 Å². The van der Waals surface area contributed by atoms with E-state index in [0.29, 0.717) is 5.02 Å². The molecule has 0 aliphatic heterocycles. The van der Waals surface area contributed by atoms with Gasteiger partial charge in [-0.1, -0.05) is 31.5 Å². The van der Waals surface area contributed by atoms with Crippen LogP contribution < -0.4 is 5.32 Å². The quantitative estimate of drug-likeness (QED) is 0.832. The molecule has 0 aliphatic carbocycles. The Hall–Kier alpha value is -0.600. The molecular weight excluding hydrogens is 225 g/mol. The lowest BCUT2D eigenvalue weighted by Crippen LogP contribution is -2.22. The van der Waals surface area contributed by atoms with Crippen molar-refractivity contribution < 1.29 is 4.39 Å². The predicted octanol–water partition coefficient (Wildman–Crippen LogP) is 3.66. The van der Waals surface area contributed by atoms with Crippen LogP contribution in [-0.4, -0.2) is 13.6 Å². The fraction of sp³-hybridized carbons (Fsp3) is 0.538. The van der Waals surface area contributed by atoms with E-state index in [9.17, 15) is 4.39 Å². The normalized spacial score (nSPS) is 11.8. The summed E-state index contributed by atoms with van der Waals surface area (Å²) < 4.78 is 13.6. The van der Waals surface area contributed by atoms with Crippen LogP contribution in [-0.2, 0) is 6.42 Å². The number of hydrogen-bond acceptors (Lipinski definition) is 1. The third-order valence-electron chi connectivity index (χ3n) is 2.74. The van der Waals surface area contributed by atoms with Crippen molar-refractivity contribution >= 4 is 11.6 Å². The van der Waals surface area contributed by atoms with Crippen LogP contribution in [0.3, 0.4) is 0 Å². The van der Waals surface area contributed by atoms with Crippen LogP contribution in [0.15, 0.2) is 18.2 Å². The Bertz CT molecular complexity index is 350. The zero-order valence-corrected chi connectivity index (χ0v) is 10.9. The molecule has 90 valence electrons. The second-order valence-corrected chi connectivity index (χ2v) is 5.37. The maximum atomic E-state index is 13.6. The van der Waals surface area contributed by atoms with E-state index >= 15 is 0 Å². The van der Waals surface area contributed by atoms with Gasteiger partial charge in [0, 0.05) is 5.02 Å². The summed E-state index contributed by atoms with van der Waals surface area (Å²) in [5, 5.41) is 3.57. The molecule has 0 spiro atoms. The Balaban J connectivity index is 2.71. The Kier molecular flexibility index (Phi) is 4.75. The molecule has 1 rings (SSSR count). The summed E-state index contributed by atoms with van der Waals surface area (Å²) in [6, 6.07) is 4.90. The van der Waals surface area contributed by atoms with Crippen LogP contribution in [0, 0.1) is 11.2 Å². The molecule has 0 unspecified atom stereocenters. The summed E-state index contributed by atoms with van der Waals surface area (Å²) in [7, 11) is 1.93. The van der Waals surface area contributed by atoms with Crippen LogP contribution in [0.25, 0.3) is 0 Å². The molecule has 0 amide bonds. The largest absolute Gasteiger partial charge is 0.320 e. The summed E-state index contributed by atoms with van der Waals surface area (Å²) in [4.78, 5) is 0. The first-order chi connectivity index (χ1) is 7.44. The second-order valence-electron chi connectivity index (χ2n) is 4.93. The lowest BCUT2D eigenvalue weighted by Gasteiger charge is -2.24. The van der Waals surface area contributed by atoms with Crippen LogP contribution in [0.5, 0.6) is 0 Å². The third-order valence-corrected chi connectivity index (χ3v) is 2.97. The Morgan fingerprint density at radius 1 is 1.38 bits per heavy atom. The molecule has 1 aromatic rings. The van der Waals surface area contributed by atoms with E-state index in [1.807, 2.05) is 7.05 Å². The van der Waals surface area contributed by atoms with Crippen molar-refractivity contribution in [1.29, 1.82) is 0 Å². The van der Waals surface area contributed by atoms with Crippen LogP contribution >= 0.6 is 11.6 Å². The zero-order chi connectivity index (χ0) is 12.2. The number of hydrogen-bond donors (Lipinski definition) is 1. The average Bonchev–Trinajstić information content (AvgIpc) is 2.19. The van der Waals surface area contributed by atoms with Crippen molar-refractivity contribution in [2.45, 2.75) is 26.7 Å². The molecule has 1 aromatic carbocycles. The van der Waals surface area contributed by atoms with Gasteiger partial charge in [0.15, 0.2) is 0 Å². The summed E-state index contributed by atoms with van der Waals surface area (Å²) in [5.74, 6) is -0.204. The number of benzene rings is 1. The minimum atomic E-state index is -0.204. The van der Waals surface area contributed by atoms with Crippen molar-refractivity contribution in [3.05, 3.63) is 34.6 Å². The van der Waals surface area contributed by atoms with E-state index in [1.165, 1.54) is 6.07 Å². The van der Waals surface area contributed by atoms with Crippen molar-refractivity contribution in [1.82, 2.24) is 5.32 Å². The SMILES string of the molecule is CNCCC(C)(C)Cc1ccc(Cl)cc1F. The first kappa shape index (κ1) is 13.5. The van der Waals surface area contributed by atoms with Crippen LogP contribution in [0.4, 0.5) is 4.39 Å². The lowest BCUT2D eigenvalue weighted by atomic mass is 9.82. The van der Waals surface area contributed by atoms with Crippen molar-refractivity contribution in [2.24, 2.45) is 5.41 Å². The minimum Gasteiger partial charge on any atom is -0.320 e. The number of rotatable bonds is 5. The average molecular weight is 244 g/mol. The van der Waals surface area contributed by atoms with Crippen LogP contribution in [0.2, 0.25) is 5.02 Å². The highest BCUT2D eigenvalue weighted by Gasteiger charge is 2.19. The molecule has 0 saturated heterocycles. The van der Waals surface area contributed by atoms with Crippen LogP contribution in [0.1, 0.15) is 25.8 Å². The summed E-state index contributed by atoms with van der Waals surface area (Å²) in [6.45, 7) is 5.25. The monoisotopic (exact) mass is 243 g/mol. The first-order valence-corrected chi connectivity index (χ1v) is 5.91. The van der Waals surface area contributed by atoms with Gasteiger partial charge in [-0.25, -0.2) is 4.39 Å². The van der Waals surface area contributed by atoms with Gasteiger partial charge in [0.1, 0.15) is 5.82 Å². The van der Waals surface area contributed by atoms with Gasteiger partial charge in [-0.3, -0.25) is 0 Å². The highest BCUT2D eigenvalue weighted by atomic mass is 35.5.